The third-order valence-corrected chi connectivity index (χ3v) is 6.59. The Kier molecular flexibility index (Phi) is 8.38. The largest absolute Gasteiger partial charge is 0.490 e. The maximum atomic E-state index is 6.00. The van der Waals surface area contributed by atoms with Crippen LogP contribution in [0.2, 0.25) is 0 Å². The van der Waals surface area contributed by atoms with Crippen LogP contribution in [0.15, 0.2) is 18.2 Å². The summed E-state index contributed by atoms with van der Waals surface area (Å²) in [6, 6.07) is 6.51. The molecule has 1 saturated heterocycles. The van der Waals surface area contributed by atoms with E-state index >= 15 is 0 Å². The molecule has 2 rings (SSSR count). The zero-order chi connectivity index (χ0) is 15.6. The van der Waals surface area contributed by atoms with Crippen molar-refractivity contribution < 1.29 is 9.47 Å². The van der Waals surface area contributed by atoms with E-state index in [-0.39, 0.29) is 0 Å². The number of rotatable bonds is 9. The van der Waals surface area contributed by atoms with Gasteiger partial charge in [0.25, 0.3) is 0 Å². The molecule has 1 aromatic carbocycles. The van der Waals surface area contributed by atoms with Gasteiger partial charge in [-0.3, -0.25) is 0 Å². The second kappa shape index (κ2) is 10.3. The van der Waals surface area contributed by atoms with Gasteiger partial charge in [-0.25, -0.2) is 0 Å². The maximum Gasteiger partial charge on any atom is 0.161 e. The minimum atomic E-state index is 0.548. The Labute approximate surface area is 143 Å². The number of hydrogen-bond donors (Lipinski definition) is 0. The van der Waals surface area contributed by atoms with Crippen LogP contribution in [0.3, 0.4) is 0 Å². The highest BCUT2D eigenvalue weighted by molar-refractivity contribution is 8.16. The molecule has 124 valence electrons. The van der Waals surface area contributed by atoms with Gasteiger partial charge >= 0.3 is 0 Å². The lowest BCUT2D eigenvalue weighted by molar-refractivity contribution is 0.261. The van der Waals surface area contributed by atoms with Crippen molar-refractivity contribution in [1.82, 2.24) is 0 Å². The highest BCUT2D eigenvalue weighted by atomic mass is 32.2. The fourth-order valence-corrected chi connectivity index (χ4v) is 5.11. The number of hydrogen-bond acceptors (Lipinski definition) is 4. The first-order chi connectivity index (χ1) is 10.8. The Bertz CT molecular complexity index is 431. The average molecular weight is 341 g/mol. The van der Waals surface area contributed by atoms with E-state index < -0.39 is 0 Å². The van der Waals surface area contributed by atoms with Crippen LogP contribution < -0.4 is 9.47 Å². The van der Waals surface area contributed by atoms with E-state index in [1.807, 2.05) is 23.5 Å². The Balaban J connectivity index is 2.06. The molecule has 1 aliphatic rings. The summed E-state index contributed by atoms with van der Waals surface area (Å²) in [6.07, 6.45) is 5.81. The molecular formula is C18H28O2S2. The molecule has 0 N–H and O–H groups in total. The molecule has 1 fully saturated rings. The molecule has 0 atom stereocenters. The van der Waals surface area contributed by atoms with E-state index in [4.69, 9.17) is 9.47 Å². The molecule has 1 aromatic rings. The fraction of sp³-hybridized carbons (Fsp3) is 0.667. The molecule has 22 heavy (non-hydrogen) atoms. The number of unbranched alkanes of at least 4 members (excludes halogenated alkanes) is 2. The molecule has 0 aromatic heterocycles. The maximum absolute atomic E-state index is 6.00. The minimum Gasteiger partial charge on any atom is -0.490 e. The van der Waals surface area contributed by atoms with E-state index in [1.54, 1.807) is 0 Å². The molecule has 4 heteroatoms. The van der Waals surface area contributed by atoms with E-state index in [2.05, 4.69) is 32.0 Å². The summed E-state index contributed by atoms with van der Waals surface area (Å²) in [6.45, 7) is 5.92. The number of ether oxygens (including phenoxy) is 2. The fourth-order valence-electron chi connectivity index (χ4n) is 2.24. The molecule has 0 radical (unpaired) electrons. The van der Waals surface area contributed by atoms with Gasteiger partial charge in [-0.05, 0) is 48.5 Å². The number of thioether (sulfide) groups is 2. The van der Waals surface area contributed by atoms with Crippen molar-refractivity contribution in [2.75, 3.05) is 24.7 Å². The van der Waals surface area contributed by atoms with Gasteiger partial charge in [0, 0.05) is 0 Å². The lowest BCUT2D eigenvalue weighted by Crippen LogP contribution is -2.04. The van der Waals surface area contributed by atoms with Crippen LogP contribution in [0.5, 0.6) is 11.5 Å². The van der Waals surface area contributed by atoms with Crippen molar-refractivity contribution in [2.24, 2.45) is 0 Å². The summed E-state index contributed by atoms with van der Waals surface area (Å²) in [5, 5.41) is 0. The Morgan fingerprint density at radius 3 is 2.23 bits per heavy atom. The molecule has 0 unspecified atom stereocenters. The lowest BCUT2D eigenvalue weighted by atomic mass is 10.2. The van der Waals surface area contributed by atoms with Crippen molar-refractivity contribution >= 4 is 23.5 Å². The van der Waals surface area contributed by atoms with E-state index in [9.17, 15) is 0 Å². The summed E-state index contributed by atoms with van der Waals surface area (Å²) >= 11 is 4.09. The first kappa shape index (κ1) is 17.9. The third kappa shape index (κ3) is 5.62. The third-order valence-electron chi connectivity index (χ3n) is 3.58. The molecule has 2 nitrogen and oxygen atoms in total. The molecule has 0 bridgehead atoms. The van der Waals surface area contributed by atoms with E-state index in [0.29, 0.717) is 4.58 Å². The van der Waals surface area contributed by atoms with Gasteiger partial charge in [0.1, 0.15) is 0 Å². The molecule has 0 aliphatic carbocycles. The van der Waals surface area contributed by atoms with Crippen LogP contribution in [-0.2, 0) is 0 Å². The Hall–Kier alpha value is -0.480. The number of benzene rings is 1. The van der Waals surface area contributed by atoms with Crippen LogP contribution in [0.25, 0.3) is 0 Å². The molecular weight excluding hydrogens is 312 g/mol. The predicted octanol–water partition coefficient (Wildman–Crippen LogP) is 5.91. The lowest BCUT2D eigenvalue weighted by Gasteiger charge is -2.22. The van der Waals surface area contributed by atoms with E-state index in [0.717, 1.165) is 50.4 Å². The summed E-state index contributed by atoms with van der Waals surface area (Å²) in [7, 11) is 0. The first-order valence-electron chi connectivity index (χ1n) is 8.48. The van der Waals surface area contributed by atoms with Gasteiger partial charge in [0.05, 0.1) is 17.8 Å². The van der Waals surface area contributed by atoms with Crippen LogP contribution >= 0.6 is 23.5 Å². The summed E-state index contributed by atoms with van der Waals surface area (Å²) in [4.78, 5) is 0. The highest BCUT2D eigenvalue weighted by Gasteiger charge is 2.18. The molecule has 0 saturated carbocycles. The monoisotopic (exact) mass is 340 g/mol. The second-order valence-corrected chi connectivity index (χ2v) is 8.26. The highest BCUT2D eigenvalue weighted by Crippen LogP contribution is 2.45. The van der Waals surface area contributed by atoms with Crippen molar-refractivity contribution in [3.8, 4) is 11.5 Å². The first-order valence-corrected chi connectivity index (χ1v) is 10.6. The van der Waals surface area contributed by atoms with Crippen LogP contribution in [0.1, 0.15) is 56.1 Å². The zero-order valence-corrected chi connectivity index (χ0v) is 15.4. The van der Waals surface area contributed by atoms with Crippen molar-refractivity contribution in [1.29, 1.82) is 0 Å². The SMILES string of the molecule is CCCCOc1ccc(C2SCCCS2)cc1OCCCC. The normalized spacial score (nSPS) is 15.7. The molecule has 1 heterocycles. The van der Waals surface area contributed by atoms with Gasteiger partial charge < -0.3 is 9.47 Å². The smallest absolute Gasteiger partial charge is 0.161 e. The van der Waals surface area contributed by atoms with Gasteiger partial charge in [0.2, 0.25) is 0 Å². The predicted molar refractivity (Wildman–Crippen MR) is 99.5 cm³/mol. The van der Waals surface area contributed by atoms with Gasteiger partial charge in [0.15, 0.2) is 11.5 Å². The molecule has 0 amide bonds. The van der Waals surface area contributed by atoms with Crippen molar-refractivity contribution in [2.45, 2.75) is 50.5 Å². The summed E-state index contributed by atoms with van der Waals surface area (Å²) in [5.74, 6) is 4.35. The average Bonchev–Trinajstić information content (AvgIpc) is 2.57. The minimum absolute atomic E-state index is 0.548. The van der Waals surface area contributed by atoms with Gasteiger partial charge in [-0.15, -0.1) is 23.5 Å². The van der Waals surface area contributed by atoms with Crippen molar-refractivity contribution in [3.05, 3.63) is 23.8 Å². The molecule has 0 spiro atoms. The van der Waals surface area contributed by atoms with Crippen molar-refractivity contribution in [3.63, 3.8) is 0 Å². The molecule has 1 aliphatic heterocycles. The summed E-state index contributed by atoms with van der Waals surface area (Å²) < 4.78 is 12.5. The standard InChI is InChI=1S/C18H28O2S2/c1-3-5-10-19-16-9-8-15(18-21-12-7-13-22-18)14-17(16)20-11-6-4-2/h8-9,14,18H,3-7,10-13H2,1-2H3. The quantitative estimate of drug-likeness (QED) is 0.520. The van der Waals surface area contributed by atoms with Crippen LogP contribution in [-0.4, -0.2) is 24.7 Å². The van der Waals surface area contributed by atoms with E-state index in [1.165, 1.54) is 23.5 Å². The summed E-state index contributed by atoms with van der Waals surface area (Å²) in [5.41, 5.74) is 1.36. The second-order valence-electron chi connectivity index (χ2n) is 5.54. The Morgan fingerprint density at radius 1 is 0.955 bits per heavy atom. The van der Waals surface area contributed by atoms with Crippen LogP contribution in [0, 0.1) is 0 Å². The topological polar surface area (TPSA) is 18.5 Å². The van der Waals surface area contributed by atoms with Gasteiger partial charge in [-0.1, -0.05) is 32.8 Å². The van der Waals surface area contributed by atoms with Gasteiger partial charge in [-0.2, -0.15) is 0 Å². The zero-order valence-electron chi connectivity index (χ0n) is 13.8. The van der Waals surface area contributed by atoms with Crippen LogP contribution in [0.4, 0.5) is 0 Å². The Morgan fingerprint density at radius 2 is 1.59 bits per heavy atom.